The summed E-state index contributed by atoms with van der Waals surface area (Å²) in [5, 5.41) is 5.30. The third kappa shape index (κ3) is 5.93. The molecule has 5 amide bonds. The van der Waals surface area contributed by atoms with Crippen LogP contribution in [0.5, 0.6) is 11.5 Å². The van der Waals surface area contributed by atoms with Gasteiger partial charge in [0.05, 0.1) is 12.8 Å². The van der Waals surface area contributed by atoms with Crippen molar-refractivity contribution < 1.29 is 33.0 Å². The monoisotopic (exact) mass is 523 g/mol. The normalized spacial score (nSPS) is 14.4. The van der Waals surface area contributed by atoms with Crippen molar-refractivity contribution in [2.45, 2.75) is 0 Å². The molecule has 3 aromatic rings. The van der Waals surface area contributed by atoms with E-state index >= 15 is 0 Å². The van der Waals surface area contributed by atoms with Crippen LogP contribution in [0.3, 0.4) is 0 Å². The van der Waals surface area contributed by atoms with Crippen molar-refractivity contribution in [1.29, 1.82) is 0 Å². The number of nitrogens with one attached hydrogen (secondary N) is 2. The van der Waals surface area contributed by atoms with E-state index in [0.717, 1.165) is 17.0 Å². The van der Waals surface area contributed by atoms with Gasteiger partial charge in [0.1, 0.15) is 11.4 Å². The van der Waals surface area contributed by atoms with Gasteiger partial charge in [-0.3, -0.25) is 19.7 Å². The van der Waals surface area contributed by atoms with Crippen molar-refractivity contribution in [2.75, 3.05) is 23.9 Å². The minimum atomic E-state index is -0.947. The molecule has 37 heavy (non-hydrogen) atoms. The van der Waals surface area contributed by atoms with Gasteiger partial charge in [0.25, 0.3) is 17.7 Å². The van der Waals surface area contributed by atoms with E-state index in [1.165, 1.54) is 37.5 Å². The van der Waals surface area contributed by atoms with Crippen LogP contribution in [0.4, 0.5) is 20.6 Å². The first kappa shape index (κ1) is 25.4. The number of hydrogen-bond acceptors (Lipinski definition) is 6. The summed E-state index contributed by atoms with van der Waals surface area (Å²) in [5.74, 6) is -2.23. The number of rotatable bonds is 7. The Morgan fingerprint density at radius 3 is 2.41 bits per heavy atom. The second-order valence-electron chi connectivity index (χ2n) is 7.69. The average molecular weight is 524 g/mol. The van der Waals surface area contributed by atoms with Gasteiger partial charge in [-0.05, 0) is 72.3 Å². The van der Waals surface area contributed by atoms with E-state index in [1.807, 2.05) is 0 Å². The number of halogens is 2. The molecule has 0 bridgehead atoms. The zero-order chi connectivity index (χ0) is 26.5. The van der Waals surface area contributed by atoms with E-state index in [0.29, 0.717) is 16.3 Å². The van der Waals surface area contributed by atoms with E-state index in [4.69, 9.17) is 21.1 Å². The number of carbonyl (C=O) groups is 4. The van der Waals surface area contributed by atoms with E-state index in [9.17, 15) is 23.6 Å². The molecule has 11 heteroatoms. The van der Waals surface area contributed by atoms with E-state index in [-0.39, 0.29) is 29.4 Å². The zero-order valence-corrected chi connectivity index (χ0v) is 20.0. The fraction of sp³-hybridized carbons (Fsp3) is 0.0769. The molecule has 1 heterocycles. The maximum absolute atomic E-state index is 13.3. The maximum atomic E-state index is 13.3. The molecule has 0 atom stereocenters. The SMILES string of the molecule is COc1cc(/C=C2\C(=O)NC(=O)N(c3ccc(F)cc3)C2=O)ccc1OCC(=O)Nc1ccc(Cl)cc1. The van der Waals surface area contributed by atoms with Gasteiger partial charge in [-0.1, -0.05) is 17.7 Å². The number of amides is 5. The first-order chi connectivity index (χ1) is 17.7. The molecular weight excluding hydrogens is 505 g/mol. The van der Waals surface area contributed by atoms with Crippen LogP contribution in [0.1, 0.15) is 5.56 Å². The predicted molar refractivity (Wildman–Crippen MR) is 134 cm³/mol. The van der Waals surface area contributed by atoms with E-state index < -0.39 is 29.6 Å². The van der Waals surface area contributed by atoms with Gasteiger partial charge in [-0.25, -0.2) is 14.1 Å². The van der Waals surface area contributed by atoms with Crippen molar-refractivity contribution in [2.24, 2.45) is 0 Å². The lowest BCUT2D eigenvalue weighted by molar-refractivity contribution is -0.122. The highest BCUT2D eigenvalue weighted by atomic mass is 35.5. The Labute approximate surface area is 215 Å². The summed E-state index contributed by atoms with van der Waals surface area (Å²) in [4.78, 5) is 50.6. The summed E-state index contributed by atoms with van der Waals surface area (Å²) in [6.07, 6.45) is 1.28. The Morgan fingerprint density at radius 1 is 1.03 bits per heavy atom. The molecule has 0 saturated carbocycles. The van der Waals surface area contributed by atoms with Crippen LogP contribution in [0.2, 0.25) is 5.02 Å². The number of nitrogens with zero attached hydrogens (tertiary/aromatic N) is 1. The number of barbiturate groups is 1. The topological polar surface area (TPSA) is 114 Å². The summed E-state index contributed by atoms with van der Waals surface area (Å²) < 4.78 is 24.2. The van der Waals surface area contributed by atoms with Gasteiger partial charge in [0.15, 0.2) is 18.1 Å². The van der Waals surface area contributed by atoms with Crippen molar-refractivity contribution in [1.82, 2.24) is 5.32 Å². The Kier molecular flexibility index (Phi) is 7.49. The maximum Gasteiger partial charge on any atom is 0.335 e. The molecule has 0 aromatic heterocycles. The Morgan fingerprint density at radius 2 is 1.73 bits per heavy atom. The van der Waals surface area contributed by atoms with Gasteiger partial charge in [-0.2, -0.15) is 0 Å². The van der Waals surface area contributed by atoms with Crippen molar-refractivity contribution in [3.63, 3.8) is 0 Å². The molecule has 1 fully saturated rings. The average Bonchev–Trinajstić information content (AvgIpc) is 2.88. The molecule has 1 saturated heterocycles. The van der Waals surface area contributed by atoms with Gasteiger partial charge in [0, 0.05) is 10.7 Å². The number of carbonyl (C=O) groups excluding carboxylic acids is 4. The molecule has 1 aliphatic rings. The van der Waals surface area contributed by atoms with Crippen LogP contribution in [-0.4, -0.2) is 37.5 Å². The van der Waals surface area contributed by atoms with Crippen molar-refractivity contribution >= 4 is 52.8 Å². The molecule has 0 aliphatic carbocycles. The molecule has 0 unspecified atom stereocenters. The van der Waals surface area contributed by atoms with Crippen LogP contribution in [0, 0.1) is 5.82 Å². The number of anilines is 2. The van der Waals surface area contributed by atoms with Crippen LogP contribution < -0.4 is 25.0 Å². The number of urea groups is 1. The number of benzene rings is 3. The van der Waals surface area contributed by atoms with Crippen molar-refractivity contribution in [3.05, 3.63) is 88.7 Å². The molecule has 3 aromatic carbocycles. The Hall–Kier alpha value is -4.70. The molecule has 4 rings (SSSR count). The lowest BCUT2D eigenvalue weighted by Gasteiger charge is -2.26. The molecule has 2 N–H and O–H groups in total. The van der Waals surface area contributed by atoms with Crippen LogP contribution in [0.25, 0.3) is 6.08 Å². The van der Waals surface area contributed by atoms with Gasteiger partial charge < -0.3 is 14.8 Å². The van der Waals surface area contributed by atoms with Crippen LogP contribution >= 0.6 is 11.6 Å². The minimum absolute atomic E-state index is 0.0977. The molecule has 9 nitrogen and oxygen atoms in total. The van der Waals surface area contributed by atoms with Crippen molar-refractivity contribution in [3.8, 4) is 11.5 Å². The van der Waals surface area contributed by atoms with E-state index in [2.05, 4.69) is 10.6 Å². The fourth-order valence-electron chi connectivity index (χ4n) is 3.42. The number of imide groups is 2. The number of hydrogen-bond donors (Lipinski definition) is 2. The minimum Gasteiger partial charge on any atom is -0.493 e. The molecule has 1 aliphatic heterocycles. The largest absolute Gasteiger partial charge is 0.493 e. The third-order valence-corrected chi connectivity index (χ3v) is 5.42. The summed E-state index contributed by atoms with van der Waals surface area (Å²) in [6, 6.07) is 14.9. The Balaban J connectivity index is 1.50. The highest BCUT2D eigenvalue weighted by Gasteiger charge is 2.36. The zero-order valence-electron chi connectivity index (χ0n) is 19.3. The summed E-state index contributed by atoms with van der Waals surface area (Å²) in [6.45, 7) is -0.310. The number of ether oxygens (including phenoxy) is 2. The lowest BCUT2D eigenvalue weighted by Crippen LogP contribution is -2.54. The van der Waals surface area contributed by atoms with Gasteiger partial charge >= 0.3 is 6.03 Å². The first-order valence-corrected chi connectivity index (χ1v) is 11.2. The Bertz CT molecular complexity index is 1410. The lowest BCUT2D eigenvalue weighted by atomic mass is 10.1. The predicted octanol–water partition coefficient (Wildman–Crippen LogP) is 4.17. The smallest absolute Gasteiger partial charge is 0.335 e. The summed E-state index contributed by atoms with van der Waals surface area (Å²) >= 11 is 5.83. The second-order valence-corrected chi connectivity index (χ2v) is 8.12. The van der Waals surface area contributed by atoms with Gasteiger partial charge in [-0.15, -0.1) is 0 Å². The van der Waals surface area contributed by atoms with Crippen LogP contribution in [0.15, 0.2) is 72.3 Å². The van der Waals surface area contributed by atoms with Gasteiger partial charge in [0.2, 0.25) is 0 Å². The highest BCUT2D eigenvalue weighted by Crippen LogP contribution is 2.30. The summed E-state index contributed by atoms with van der Waals surface area (Å²) in [5.41, 5.74) is 0.722. The number of methoxy groups -OCH3 is 1. The quantitative estimate of drug-likeness (QED) is 0.355. The van der Waals surface area contributed by atoms with E-state index in [1.54, 1.807) is 30.3 Å². The highest BCUT2D eigenvalue weighted by molar-refractivity contribution is 6.39. The second kappa shape index (κ2) is 10.9. The van der Waals surface area contributed by atoms with Crippen LogP contribution in [-0.2, 0) is 14.4 Å². The standard InChI is InChI=1S/C26H19ClFN3O6/c1-36-22-13-15(2-11-21(22)37-14-23(32)29-18-7-3-16(27)4-8-18)12-20-24(33)30-26(35)31(25(20)34)19-9-5-17(28)6-10-19/h2-13H,14H2,1H3,(H,29,32)(H,30,33,35)/b20-12+. The fourth-order valence-corrected chi connectivity index (χ4v) is 3.54. The molecule has 188 valence electrons. The third-order valence-electron chi connectivity index (χ3n) is 5.17. The first-order valence-electron chi connectivity index (χ1n) is 10.8. The molecule has 0 radical (unpaired) electrons. The molecule has 0 spiro atoms. The molecular formula is C26H19ClFN3O6. The summed E-state index contributed by atoms with van der Waals surface area (Å²) in [7, 11) is 1.39.